The van der Waals surface area contributed by atoms with Crippen molar-refractivity contribution in [3.63, 3.8) is 0 Å². The van der Waals surface area contributed by atoms with Crippen molar-refractivity contribution in [3.8, 4) is 11.3 Å². The third-order valence-electron chi connectivity index (χ3n) is 4.26. The fraction of sp³-hybridized carbons (Fsp3) is 0.200. The van der Waals surface area contributed by atoms with Crippen molar-refractivity contribution in [1.82, 2.24) is 9.29 Å². The number of hydrogen-bond acceptors (Lipinski definition) is 5. The number of anilines is 1. The Morgan fingerprint density at radius 1 is 1.11 bits per heavy atom. The van der Waals surface area contributed by atoms with E-state index in [-0.39, 0.29) is 10.5 Å². The molecule has 1 aromatic heterocycles. The highest BCUT2D eigenvalue weighted by Crippen LogP contribution is 2.28. The minimum absolute atomic E-state index is 0.0697. The first kappa shape index (κ1) is 20.2. The van der Waals surface area contributed by atoms with Crippen LogP contribution in [0, 0.1) is 13.8 Å². The number of sulfonamides is 1. The lowest BCUT2D eigenvalue weighted by Gasteiger charge is -2.12. The van der Waals surface area contributed by atoms with Crippen molar-refractivity contribution in [2.75, 3.05) is 19.4 Å². The molecule has 3 aromatic rings. The molecule has 0 radical (unpaired) electrons. The van der Waals surface area contributed by atoms with Gasteiger partial charge in [-0.15, -0.1) is 11.3 Å². The lowest BCUT2D eigenvalue weighted by molar-refractivity contribution is 0.102. The van der Waals surface area contributed by atoms with Crippen LogP contribution in [0.15, 0.2) is 52.7 Å². The number of nitrogens with one attached hydrogen (secondary N) is 1. The molecule has 0 aliphatic rings. The Balaban J connectivity index is 1.82. The van der Waals surface area contributed by atoms with Crippen LogP contribution in [0.25, 0.3) is 11.3 Å². The van der Waals surface area contributed by atoms with Crippen LogP contribution in [0.3, 0.4) is 0 Å². The van der Waals surface area contributed by atoms with E-state index in [1.807, 2.05) is 31.4 Å². The normalized spacial score (nSPS) is 11.6. The van der Waals surface area contributed by atoms with Crippen LogP contribution in [0.2, 0.25) is 0 Å². The zero-order valence-electron chi connectivity index (χ0n) is 16.1. The standard InChI is InChI=1S/C20H21N3O3S2/c1-13-8-9-17(14(2)10-13)18-12-27-20(21-18)22-19(24)15-6-5-7-16(11-15)28(25,26)23(3)4/h5-12H,1-4H3,(H,21,22,24). The first-order chi connectivity index (χ1) is 13.2. The highest BCUT2D eigenvalue weighted by molar-refractivity contribution is 7.89. The van der Waals surface area contributed by atoms with Gasteiger partial charge in [-0.05, 0) is 37.6 Å². The predicted octanol–water partition coefficient (Wildman–Crippen LogP) is 3.93. The molecule has 3 rings (SSSR count). The highest BCUT2D eigenvalue weighted by atomic mass is 32.2. The van der Waals surface area contributed by atoms with Gasteiger partial charge < -0.3 is 0 Å². The van der Waals surface area contributed by atoms with E-state index < -0.39 is 15.9 Å². The van der Waals surface area contributed by atoms with Crippen LogP contribution >= 0.6 is 11.3 Å². The molecule has 1 heterocycles. The van der Waals surface area contributed by atoms with Gasteiger partial charge in [0, 0.05) is 30.6 Å². The van der Waals surface area contributed by atoms with Crippen LogP contribution in [0.4, 0.5) is 5.13 Å². The second-order valence-corrected chi connectivity index (χ2v) is 9.64. The molecule has 146 valence electrons. The summed E-state index contributed by atoms with van der Waals surface area (Å²) in [7, 11) is -0.704. The number of thiazole rings is 1. The SMILES string of the molecule is Cc1ccc(-c2csc(NC(=O)c3cccc(S(=O)(=O)N(C)C)c3)n2)c(C)c1. The molecule has 8 heteroatoms. The second-order valence-electron chi connectivity index (χ2n) is 6.63. The number of benzene rings is 2. The molecule has 28 heavy (non-hydrogen) atoms. The lowest BCUT2D eigenvalue weighted by Crippen LogP contribution is -2.22. The molecule has 0 saturated carbocycles. The molecule has 0 bridgehead atoms. The highest BCUT2D eigenvalue weighted by Gasteiger charge is 2.19. The number of aromatic nitrogens is 1. The van der Waals surface area contributed by atoms with E-state index in [9.17, 15) is 13.2 Å². The van der Waals surface area contributed by atoms with E-state index in [1.54, 1.807) is 12.1 Å². The van der Waals surface area contributed by atoms with Crippen LogP contribution in [0.5, 0.6) is 0 Å². The molecule has 0 aliphatic heterocycles. The number of nitrogens with zero attached hydrogens (tertiary/aromatic N) is 2. The number of carbonyl (C=O) groups excluding carboxylic acids is 1. The number of carbonyl (C=O) groups is 1. The molecule has 0 unspecified atom stereocenters. The van der Waals surface area contributed by atoms with Gasteiger partial charge in [0.15, 0.2) is 5.13 Å². The average molecular weight is 416 g/mol. The summed E-state index contributed by atoms with van der Waals surface area (Å²) in [6.45, 7) is 4.06. The molecular formula is C20H21N3O3S2. The van der Waals surface area contributed by atoms with Crippen LogP contribution in [-0.2, 0) is 10.0 Å². The van der Waals surface area contributed by atoms with Gasteiger partial charge in [0.1, 0.15) is 0 Å². The predicted molar refractivity (Wildman–Crippen MR) is 112 cm³/mol. The smallest absolute Gasteiger partial charge is 0.257 e. The molecule has 6 nitrogen and oxygen atoms in total. The van der Waals surface area contributed by atoms with Gasteiger partial charge in [-0.1, -0.05) is 29.8 Å². The van der Waals surface area contributed by atoms with Crippen molar-refractivity contribution in [2.45, 2.75) is 18.7 Å². The summed E-state index contributed by atoms with van der Waals surface area (Å²) in [5.41, 5.74) is 4.36. The number of hydrogen-bond donors (Lipinski definition) is 1. The van der Waals surface area contributed by atoms with Gasteiger partial charge in [-0.25, -0.2) is 17.7 Å². The summed E-state index contributed by atoms with van der Waals surface area (Å²) >= 11 is 1.33. The Labute approximate surface area is 168 Å². The summed E-state index contributed by atoms with van der Waals surface area (Å²) in [6, 6.07) is 12.1. The Bertz CT molecular complexity index is 1140. The number of rotatable bonds is 5. The molecule has 0 aliphatic carbocycles. The van der Waals surface area contributed by atoms with Gasteiger partial charge in [0.25, 0.3) is 5.91 Å². The Morgan fingerprint density at radius 3 is 2.54 bits per heavy atom. The maximum atomic E-state index is 12.6. The van der Waals surface area contributed by atoms with Crippen LogP contribution in [0.1, 0.15) is 21.5 Å². The maximum Gasteiger partial charge on any atom is 0.257 e. The summed E-state index contributed by atoms with van der Waals surface area (Å²) in [4.78, 5) is 17.1. The average Bonchev–Trinajstić information content (AvgIpc) is 3.09. The van der Waals surface area contributed by atoms with Gasteiger partial charge in [0.2, 0.25) is 10.0 Å². The van der Waals surface area contributed by atoms with Gasteiger partial charge in [-0.2, -0.15) is 0 Å². The van der Waals surface area contributed by atoms with Gasteiger partial charge in [-0.3, -0.25) is 10.1 Å². The molecule has 0 atom stereocenters. The first-order valence-corrected chi connectivity index (χ1v) is 10.9. The van der Waals surface area contributed by atoms with E-state index >= 15 is 0 Å². The Kier molecular flexibility index (Phi) is 5.64. The van der Waals surface area contributed by atoms with Crippen LogP contribution in [-0.4, -0.2) is 37.7 Å². The Hall–Kier alpha value is -2.55. The molecule has 0 saturated heterocycles. The van der Waals surface area contributed by atoms with Crippen molar-refractivity contribution in [3.05, 3.63) is 64.5 Å². The van der Waals surface area contributed by atoms with Crippen molar-refractivity contribution >= 4 is 32.4 Å². The van der Waals surface area contributed by atoms with Gasteiger partial charge in [0.05, 0.1) is 10.6 Å². The van der Waals surface area contributed by atoms with E-state index in [4.69, 9.17) is 0 Å². The summed E-state index contributed by atoms with van der Waals surface area (Å²) in [6.07, 6.45) is 0. The third-order valence-corrected chi connectivity index (χ3v) is 6.83. The maximum absolute atomic E-state index is 12.6. The van der Waals surface area contributed by atoms with Gasteiger partial charge >= 0.3 is 0 Å². The summed E-state index contributed by atoms with van der Waals surface area (Å²) < 4.78 is 25.6. The zero-order chi connectivity index (χ0) is 20.5. The van der Waals surface area contributed by atoms with Crippen molar-refractivity contribution in [1.29, 1.82) is 0 Å². The number of amides is 1. The molecule has 0 spiro atoms. The second kappa shape index (κ2) is 7.83. The summed E-state index contributed by atoms with van der Waals surface area (Å²) in [5, 5.41) is 5.10. The third kappa shape index (κ3) is 4.14. The lowest BCUT2D eigenvalue weighted by atomic mass is 10.0. The fourth-order valence-electron chi connectivity index (χ4n) is 2.73. The van der Waals surface area contributed by atoms with Crippen molar-refractivity contribution < 1.29 is 13.2 Å². The topological polar surface area (TPSA) is 79.4 Å². The monoisotopic (exact) mass is 415 g/mol. The van der Waals surface area contributed by atoms with Crippen molar-refractivity contribution in [2.24, 2.45) is 0 Å². The van der Waals surface area contributed by atoms with E-state index in [1.165, 1.54) is 43.1 Å². The van der Waals surface area contributed by atoms with E-state index in [2.05, 4.69) is 16.4 Å². The quantitative estimate of drug-likeness (QED) is 0.685. The zero-order valence-corrected chi connectivity index (χ0v) is 17.7. The number of aryl methyl sites for hydroxylation is 2. The van der Waals surface area contributed by atoms with E-state index in [0.29, 0.717) is 5.13 Å². The van der Waals surface area contributed by atoms with Crippen LogP contribution < -0.4 is 5.32 Å². The molecule has 1 N–H and O–H groups in total. The first-order valence-electron chi connectivity index (χ1n) is 8.55. The molecule has 0 fully saturated rings. The fourth-order valence-corrected chi connectivity index (χ4v) is 4.39. The summed E-state index contributed by atoms with van der Waals surface area (Å²) in [5.74, 6) is -0.405. The molecule has 1 amide bonds. The Morgan fingerprint density at radius 2 is 1.86 bits per heavy atom. The molecule has 2 aromatic carbocycles. The largest absolute Gasteiger partial charge is 0.298 e. The minimum atomic E-state index is -3.61. The minimum Gasteiger partial charge on any atom is -0.298 e. The molecular weight excluding hydrogens is 394 g/mol. The van der Waals surface area contributed by atoms with E-state index in [0.717, 1.165) is 21.1 Å².